The van der Waals surface area contributed by atoms with E-state index in [1.54, 1.807) is 0 Å². The Kier molecular flexibility index (Phi) is 1.42. The summed E-state index contributed by atoms with van der Waals surface area (Å²) in [5.74, 6) is 2.39. The summed E-state index contributed by atoms with van der Waals surface area (Å²) in [6.07, 6.45) is 6.14. The molecule has 0 aliphatic heterocycles. The third-order valence-corrected chi connectivity index (χ3v) is 5.12. The summed E-state index contributed by atoms with van der Waals surface area (Å²) in [6, 6.07) is 0. The number of hydrogen-bond donors (Lipinski definition) is 2. The average Bonchev–Trinajstić information content (AvgIpc) is 1.98. The van der Waals surface area contributed by atoms with Gasteiger partial charge in [0.15, 0.2) is 0 Å². The van der Waals surface area contributed by atoms with Gasteiger partial charge in [-0.25, -0.2) is 0 Å². The fourth-order valence-electron chi connectivity index (χ4n) is 3.97. The summed E-state index contributed by atoms with van der Waals surface area (Å²) >= 11 is 4.58. The highest BCUT2D eigenvalue weighted by atomic mass is 32.1. The van der Waals surface area contributed by atoms with Crippen LogP contribution in [0.15, 0.2) is 0 Å². The SMILES string of the molecule is OC12CC3CC(CC(C3)C1S)C2. The molecule has 4 bridgehead atoms. The maximum Gasteiger partial charge on any atom is 0.0771 e. The van der Waals surface area contributed by atoms with E-state index in [0.29, 0.717) is 0 Å². The fourth-order valence-corrected chi connectivity index (χ4v) is 4.43. The zero-order chi connectivity index (χ0) is 8.34. The first kappa shape index (κ1) is 7.69. The largest absolute Gasteiger partial charge is 0.389 e. The molecule has 4 fully saturated rings. The molecule has 4 aliphatic rings. The van der Waals surface area contributed by atoms with Crippen molar-refractivity contribution in [3.63, 3.8) is 0 Å². The van der Waals surface area contributed by atoms with Crippen LogP contribution in [0.1, 0.15) is 32.1 Å². The maximum absolute atomic E-state index is 10.3. The molecule has 4 rings (SSSR count). The van der Waals surface area contributed by atoms with E-state index in [9.17, 15) is 5.11 Å². The lowest BCUT2D eigenvalue weighted by Gasteiger charge is -2.57. The average molecular weight is 184 g/mol. The first-order chi connectivity index (χ1) is 5.67. The van der Waals surface area contributed by atoms with Crippen LogP contribution in [0.25, 0.3) is 0 Å². The summed E-state index contributed by atoms with van der Waals surface area (Å²) in [6.45, 7) is 0. The number of hydrogen-bond acceptors (Lipinski definition) is 2. The third kappa shape index (κ3) is 0.856. The van der Waals surface area contributed by atoms with E-state index in [1.807, 2.05) is 0 Å². The van der Waals surface area contributed by atoms with Crippen LogP contribution in [0.5, 0.6) is 0 Å². The number of rotatable bonds is 0. The molecule has 0 aromatic heterocycles. The molecule has 4 saturated carbocycles. The Morgan fingerprint density at radius 2 is 1.67 bits per heavy atom. The molecule has 2 heteroatoms. The lowest BCUT2D eigenvalue weighted by molar-refractivity contribution is -0.117. The quantitative estimate of drug-likeness (QED) is 0.551. The first-order valence-electron chi connectivity index (χ1n) is 5.08. The van der Waals surface area contributed by atoms with Crippen LogP contribution in [0.3, 0.4) is 0 Å². The second-order valence-corrected chi connectivity index (χ2v) is 5.71. The molecule has 0 amide bonds. The zero-order valence-electron chi connectivity index (χ0n) is 7.24. The van der Waals surface area contributed by atoms with Gasteiger partial charge in [-0.15, -0.1) is 0 Å². The first-order valence-corrected chi connectivity index (χ1v) is 5.59. The van der Waals surface area contributed by atoms with Gasteiger partial charge in [0.1, 0.15) is 0 Å². The molecular weight excluding hydrogens is 168 g/mol. The minimum Gasteiger partial charge on any atom is -0.389 e. The predicted molar refractivity (Wildman–Crippen MR) is 51.3 cm³/mol. The van der Waals surface area contributed by atoms with E-state index < -0.39 is 0 Å². The number of thiol groups is 1. The van der Waals surface area contributed by atoms with Crippen molar-refractivity contribution in [3.8, 4) is 0 Å². The van der Waals surface area contributed by atoms with Crippen molar-refractivity contribution in [1.82, 2.24) is 0 Å². The Balaban J connectivity index is 1.97. The smallest absolute Gasteiger partial charge is 0.0771 e. The summed E-state index contributed by atoms with van der Waals surface area (Å²) in [7, 11) is 0. The van der Waals surface area contributed by atoms with Crippen molar-refractivity contribution in [1.29, 1.82) is 0 Å². The monoisotopic (exact) mass is 184 g/mol. The van der Waals surface area contributed by atoms with Crippen molar-refractivity contribution >= 4 is 12.6 Å². The van der Waals surface area contributed by atoms with E-state index in [1.165, 1.54) is 19.3 Å². The van der Waals surface area contributed by atoms with Gasteiger partial charge in [-0.2, -0.15) is 12.6 Å². The minimum atomic E-state index is -0.377. The molecule has 3 atom stereocenters. The van der Waals surface area contributed by atoms with Gasteiger partial charge in [0.25, 0.3) is 0 Å². The standard InChI is InChI=1S/C10H16OS/c11-10-4-6-1-7(5-10)3-8(2-6)9(10)12/h6-9,11-12H,1-5H2. The van der Waals surface area contributed by atoms with Gasteiger partial charge in [0, 0.05) is 5.25 Å². The van der Waals surface area contributed by atoms with Crippen LogP contribution in [-0.2, 0) is 0 Å². The minimum absolute atomic E-state index is 0.283. The second-order valence-electron chi connectivity index (χ2n) is 5.16. The highest BCUT2D eigenvalue weighted by molar-refractivity contribution is 7.81. The molecule has 0 heterocycles. The van der Waals surface area contributed by atoms with E-state index in [0.717, 1.165) is 30.6 Å². The summed E-state index contributed by atoms with van der Waals surface area (Å²) in [4.78, 5) is 0. The van der Waals surface area contributed by atoms with Crippen molar-refractivity contribution in [3.05, 3.63) is 0 Å². The van der Waals surface area contributed by atoms with Gasteiger partial charge in [-0.1, -0.05) is 0 Å². The molecule has 1 nitrogen and oxygen atoms in total. The Bertz CT molecular complexity index is 202. The van der Waals surface area contributed by atoms with Crippen LogP contribution >= 0.6 is 12.6 Å². The lowest BCUT2D eigenvalue weighted by Crippen LogP contribution is -2.58. The Hall–Kier alpha value is 0.310. The zero-order valence-corrected chi connectivity index (χ0v) is 8.13. The maximum atomic E-state index is 10.3. The third-order valence-electron chi connectivity index (χ3n) is 4.22. The molecule has 0 aromatic carbocycles. The predicted octanol–water partition coefficient (Wildman–Crippen LogP) is 1.86. The van der Waals surface area contributed by atoms with E-state index >= 15 is 0 Å². The topological polar surface area (TPSA) is 20.2 Å². The molecular formula is C10H16OS. The van der Waals surface area contributed by atoms with Crippen molar-refractivity contribution in [2.45, 2.75) is 43.0 Å². The Morgan fingerprint density at radius 1 is 1.08 bits per heavy atom. The molecule has 0 spiro atoms. The van der Waals surface area contributed by atoms with Crippen LogP contribution in [-0.4, -0.2) is 16.0 Å². The van der Waals surface area contributed by atoms with Gasteiger partial charge in [0.05, 0.1) is 5.60 Å². The normalized spacial score (nSPS) is 62.5. The van der Waals surface area contributed by atoms with Crippen molar-refractivity contribution in [2.24, 2.45) is 17.8 Å². The van der Waals surface area contributed by atoms with Crippen molar-refractivity contribution in [2.75, 3.05) is 0 Å². The van der Waals surface area contributed by atoms with Crippen LogP contribution in [0.4, 0.5) is 0 Å². The second kappa shape index (κ2) is 2.21. The van der Waals surface area contributed by atoms with E-state index in [2.05, 4.69) is 12.6 Å². The van der Waals surface area contributed by atoms with Gasteiger partial charge in [-0.3, -0.25) is 0 Å². The van der Waals surface area contributed by atoms with Gasteiger partial charge >= 0.3 is 0 Å². The molecule has 0 aromatic rings. The highest BCUT2D eigenvalue weighted by Crippen LogP contribution is 2.57. The molecule has 4 aliphatic carbocycles. The Labute approximate surface area is 79.0 Å². The molecule has 0 radical (unpaired) electrons. The van der Waals surface area contributed by atoms with Crippen molar-refractivity contribution < 1.29 is 5.11 Å². The Morgan fingerprint density at radius 3 is 2.17 bits per heavy atom. The summed E-state index contributed by atoms with van der Waals surface area (Å²) in [5.41, 5.74) is -0.377. The van der Waals surface area contributed by atoms with Gasteiger partial charge in [0.2, 0.25) is 0 Å². The highest BCUT2D eigenvalue weighted by Gasteiger charge is 2.54. The van der Waals surface area contributed by atoms with Crippen LogP contribution in [0.2, 0.25) is 0 Å². The molecule has 12 heavy (non-hydrogen) atoms. The molecule has 3 unspecified atom stereocenters. The molecule has 68 valence electrons. The summed E-state index contributed by atoms with van der Waals surface area (Å²) < 4.78 is 0. The van der Waals surface area contributed by atoms with Crippen LogP contribution < -0.4 is 0 Å². The fraction of sp³-hybridized carbons (Fsp3) is 1.00. The van der Waals surface area contributed by atoms with Gasteiger partial charge < -0.3 is 5.11 Å². The van der Waals surface area contributed by atoms with Crippen LogP contribution in [0, 0.1) is 17.8 Å². The molecule has 1 N–H and O–H groups in total. The van der Waals surface area contributed by atoms with E-state index in [-0.39, 0.29) is 10.9 Å². The van der Waals surface area contributed by atoms with E-state index in [4.69, 9.17) is 0 Å². The van der Waals surface area contributed by atoms with Gasteiger partial charge in [-0.05, 0) is 49.9 Å². The lowest BCUT2D eigenvalue weighted by atomic mass is 9.54. The number of aliphatic hydroxyl groups is 1. The summed E-state index contributed by atoms with van der Waals surface area (Å²) in [5, 5.41) is 10.6. The molecule has 0 saturated heterocycles.